The summed E-state index contributed by atoms with van der Waals surface area (Å²) in [6, 6.07) is 6.95. The molecule has 0 aromatic heterocycles. The summed E-state index contributed by atoms with van der Waals surface area (Å²) in [4.78, 5) is 12.0. The summed E-state index contributed by atoms with van der Waals surface area (Å²) in [5.74, 6) is 0.319. The third-order valence-electron chi connectivity index (χ3n) is 3.45. The highest BCUT2D eigenvalue weighted by Gasteiger charge is 2.22. The molecule has 22 heavy (non-hydrogen) atoms. The molecule has 0 radical (unpaired) electrons. The van der Waals surface area contributed by atoms with Crippen LogP contribution in [0.3, 0.4) is 0 Å². The summed E-state index contributed by atoms with van der Waals surface area (Å²) in [5, 5.41) is 2.74. The molecule has 1 aromatic rings. The number of nitrogens with zero attached hydrogens (tertiary/aromatic N) is 1. The number of hydrogen-bond acceptors (Lipinski definition) is 4. The SMILES string of the molecule is CCC(C)N(CCC(=O)Nc1ccccc1OC)S(C)(=O)=O. The fraction of sp³-hybridized carbons (Fsp3) is 0.533. The number of benzene rings is 1. The Hall–Kier alpha value is -1.60. The molecular weight excluding hydrogens is 304 g/mol. The Morgan fingerprint density at radius 3 is 2.55 bits per heavy atom. The molecule has 0 aliphatic rings. The van der Waals surface area contributed by atoms with Gasteiger partial charge in [0.25, 0.3) is 0 Å². The van der Waals surface area contributed by atoms with E-state index in [1.54, 1.807) is 18.2 Å². The predicted octanol–water partition coefficient (Wildman–Crippen LogP) is 2.08. The zero-order valence-corrected chi connectivity index (χ0v) is 14.3. The minimum Gasteiger partial charge on any atom is -0.495 e. The molecule has 1 unspecified atom stereocenters. The van der Waals surface area contributed by atoms with E-state index in [1.165, 1.54) is 11.4 Å². The molecule has 0 aliphatic carbocycles. The zero-order chi connectivity index (χ0) is 16.8. The van der Waals surface area contributed by atoms with Crippen LogP contribution in [0.4, 0.5) is 5.69 Å². The fourth-order valence-corrected chi connectivity index (χ4v) is 3.31. The first-order valence-electron chi connectivity index (χ1n) is 7.19. The Morgan fingerprint density at radius 1 is 1.36 bits per heavy atom. The molecule has 0 heterocycles. The number of carbonyl (C=O) groups excluding carboxylic acids is 1. The maximum absolute atomic E-state index is 12.0. The van der Waals surface area contributed by atoms with Gasteiger partial charge in [-0.3, -0.25) is 4.79 Å². The van der Waals surface area contributed by atoms with Crippen LogP contribution >= 0.6 is 0 Å². The number of nitrogens with one attached hydrogen (secondary N) is 1. The predicted molar refractivity (Wildman–Crippen MR) is 87.5 cm³/mol. The van der Waals surface area contributed by atoms with Gasteiger partial charge < -0.3 is 10.1 Å². The molecular formula is C15H24N2O4S. The van der Waals surface area contributed by atoms with Crippen molar-refractivity contribution in [1.82, 2.24) is 4.31 Å². The number of methoxy groups -OCH3 is 1. The van der Waals surface area contributed by atoms with E-state index in [1.807, 2.05) is 19.9 Å². The van der Waals surface area contributed by atoms with Crippen molar-refractivity contribution in [2.75, 3.05) is 25.2 Å². The normalized spacial score (nSPS) is 13.0. The van der Waals surface area contributed by atoms with Crippen LogP contribution in [-0.4, -0.2) is 44.6 Å². The van der Waals surface area contributed by atoms with Crippen molar-refractivity contribution in [3.05, 3.63) is 24.3 Å². The van der Waals surface area contributed by atoms with Crippen molar-refractivity contribution in [1.29, 1.82) is 0 Å². The minimum atomic E-state index is -3.33. The van der Waals surface area contributed by atoms with Gasteiger partial charge in [-0.15, -0.1) is 0 Å². The Kier molecular flexibility index (Phi) is 6.83. The van der Waals surface area contributed by atoms with Crippen LogP contribution in [0.1, 0.15) is 26.7 Å². The van der Waals surface area contributed by atoms with Crippen LogP contribution in [-0.2, 0) is 14.8 Å². The third kappa shape index (κ3) is 5.31. The lowest BCUT2D eigenvalue weighted by molar-refractivity contribution is -0.116. The number of rotatable bonds is 8. The van der Waals surface area contributed by atoms with Crippen molar-refractivity contribution in [3.63, 3.8) is 0 Å². The van der Waals surface area contributed by atoms with Gasteiger partial charge in [0.1, 0.15) is 5.75 Å². The van der Waals surface area contributed by atoms with Crippen LogP contribution < -0.4 is 10.1 Å². The fourth-order valence-electron chi connectivity index (χ4n) is 2.09. The number of ether oxygens (including phenoxy) is 1. The number of sulfonamides is 1. The molecule has 124 valence electrons. The van der Waals surface area contributed by atoms with E-state index >= 15 is 0 Å². The molecule has 1 atom stereocenters. The summed E-state index contributed by atoms with van der Waals surface area (Å²) >= 11 is 0. The molecule has 0 saturated heterocycles. The standard InChI is InChI=1S/C15H24N2O4S/c1-5-12(2)17(22(4,19)20)11-10-15(18)16-13-8-6-7-9-14(13)21-3/h6-9,12H,5,10-11H2,1-4H3,(H,16,18). The molecule has 0 bridgehead atoms. The molecule has 1 amide bonds. The Balaban J connectivity index is 2.68. The maximum Gasteiger partial charge on any atom is 0.225 e. The molecule has 0 fully saturated rings. The first-order chi connectivity index (χ1) is 10.3. The van der Waals surface area contributed by atoms with Crippen molar-refractivity contribution in [2.24, 2.45) is 0 Å². The number of para-hydroxylation sites is 2. The van der Waals surface area contributed by atoms with Gasteiger partial charge >= 0.3 is 0 Å². The average Bonchev–Trinajstić information content (AvgIpc) is 2.46. The van der Waals surface area contributed by atoms with E-state index in [4.69, 9.17) is 4.74 Å². The number of hydrogen-bond donors (Lipinski definition) is 1. The van der Waals surface area contributed by atoms with Crippen molar-refractivity contribution in [3.8, 4) is 5.75 Å². The first kappa shape index (κ1) is 18.4. The second kappa shape index (κ2) is 8.14. The molecule has 0 aliphatic heterocycles. The summed E-state index contributed by atoms with van der Waals surface area (Å²) in [6.45, 7) is 3.91. The van der Waals surface area contributed by atoms with Crippen molar-refractivity contribution >= 4 is 21.6 Å². The lowest BCUT2D eigenvalue weighted by Gasteiger charge is -2.25. The van der Waals surface area contributed by atoms with Gasteiger partial charge in [-0.2, -0.15) is 4.31 Å². The van der Waals surface area contributed by atoms with Crippen LogP contribution in [0.2, 0.25) is 0 Å². The van der Waals surface area contributed by atoms with Gasteiger partial charge in [0.15, 0.2) is 0 Å². The van der Waals surface area contributed by atoms with Crippen LogP contribution in [0, 0.1) is 0 Å². The smallest absolute Gasteiger partial charge is 0.225 e. The number of carbonyl (C=O) groups is 1. The molecule has 1 N–H and O–H groups in total. The van der Waals surface area contributed by atoms with E-state index < -0.39 is 10.0 Å². The van der Waals surface area contributed by atoms with E-state index in [0.717, 1.165) is 6.26 Å². The summed E-state index contributed by atoms with van der Waals surface area (Å²) in [7, 11) is -1.80. The van der Waals surface area contributed by atoms with Gasteiger partial charge in [-0.1, -0.05) is 19.1 Å². The highest BCUT2D eigenvalue weighted by Crippen LogP contribution is 2.23. The van der Waals surface area contributed by atoms with E-state index in [-0.39, 0.29) is 24.9 Å². The Labute approximate surface area is 132 Å². The van der Waals surface area contributed by atoms with Gasteiger partial charge in [-0.25, -0.2) is 8.42 Å². The third-order valence-corrected chi connectivity index (χ3v) is 4.84. The van der Waals surface area contributed by atoms with Crippen molar-refractivity contribution < 1.29 is 17.9 Å². The molecule has 1 rings (SSSR count). The van der Waals surface area contributed by atoms with Gasteiger partial charge in [0.2, 0.25) is 15.9 Å². The van der Waals surface area contributed by atoms with Gasteiger partial charge in [0.05, 0.1) is 19.1 Å². The molecule has 1 aromatic carbocycles. The summed E-state index contributed by atoms with van der Waals surface area (Å²) in [5.41, 5.74) is 0.574. The Bertz CT molecular complexity index is 601. The lowest BCUT2D eigenvalue weighted by Crippen LogP contribution is -2.39. The first-order valence-corrected chi connectivity index (χ1v) is 9.04. The summed E-state index contributed by atoms with van der Waals surface area (Å²) < 4.78 is 30.1. The topological polar surface area (TPSA) is 75.7 Å². The second-order valence-corrected chi connectivity index (χ2v) is 7.06. The summed E-state index contributed by atoms with van der Waals surface area (Å²) in [6.07, 6.45) is 1.95. The zero-order valence-electron chi connectivity index (χ0n) is 13.5. The molecule has 0 spiro atoms. The van der Waals surface area contributed by atoms with Crippen molar-refractivity contribution in [2.45, 2.75) is 32.7 Å². The molecule has 7 heteroatoms. The second-order valence-electron chi connectivity index (χ2n) is 5.13. The molecule has 6 nitrogen and oxygen atoms in total. The highest BCUT2D eigenvalue weighted by molar-refractivity contribution is 7.88. The monoisotopic (exact) mass is 328 g/mol. The van der Waals surface area contributed by atoms with Gasteiger partial charge in [-0.05, 0) is 25.5 Å². The van der Waals surface area contributed by atoms with Crippen LogP contribution in [0.25, 0.3) is 0 Å². The Morgan fingerprint density at radius 2 is 2.00 bits per heavy atom. The minimum absolute atomic E-state index is 0.0927. The lowest BCUT2D eigenvalue weighted by atomic mass is 10.2. The van der Waals surface area contributed by atoms with Gasteiger partial charge in [0, 0.05) is 19.0 Å². The van der Waals surface area contributed by atoms with E-state index in [2.05, 4.69) is 5.32 Å². The maximum atomic E-state index is 12.0. The molecule has 0 saturated carbocycles. The van der Waals surface area contributed by atoms with E-state index in [0.29, 0.717) is 17.9 Å². The van der Waals surface area contributed by atoms with E-state index in [9.17, 15) is 13.2 Å². The quantitative estimate of drug-likeness (QED) is 0.793. The number of amides is 1. The largest absolute Gasteiger partial charge is 0.495 e. The van der Waals surface area contributed by atoms with Crippen LogP contribution in [0.15, 0.2) is 24.3 Å². The highest BCUT2D eigenvalue weighted by atomic mass is 32.2. The van der Waals surface area contributed by atoms with Crippen LogP contribution in [0.5, 0.6) is 5.75 Å². The number of anilines is 1. The average molecular weight is 328 g/mol.